The van der Waals surface area contributed by atoms with E-state index in [1.165, 1.54) is 0 Å². The monoisotopic (exact) mass is 1110 g/mol. The van der Waals surface area contributed by atoms with Crippen LogP contribution in [0.4, 0.5) is 10.5 Å². The summed E-state index contributed by atoms with van der Waals surface area (Å²) in [6, 6.07) is 5.60. The Hall–Kier alpha value is -4.45. The summed E-state index contributed by atoms with van der Waals surface area (Å²) in [5.74, 6) is -0.171. The Labute approximate surface area is 461 Å². The van der Waals surface area contributed by atoms with Crippen LogP contribution in [0.15, 0.2) is 48.1 Å². The second kappa shape index (κ2) is 37.4. The summed E-state index contributed by atoms with van der Waals surface area (Å²) in [6.07, 6.45) is 3.76. The Bertz CT molecular complexity index is 1980. The van der Waals surface area contributed by atoms with Crippen LogP contribution in [-0.4, -0.2) is 151 Å². The van der Waals surface area contributed by atoms with Crippen LogP contribution in [0.5, 0.6) is 0 Å². The van der Waals surface area contributed by atoms with Crippen molar-refractivity contribution in [2.45, 2.75) is 143 Å². The second-order valence-corrected chi connectivity index (χ2v) is 25.5. The lowest BCUT2D eigenvalue weighted by Crippen LogP contribution is -2.44. The minimum atomic E-state index is -0.847. The van der Waals surface area contributed by atoms with E-state index in [0.29, 0.717) is 114 Å². The molecule has 20 nitrogen and oxygen atoms in total. The second-order valence-electron chi connectivity index (χ2n) is 21.9. The third-order valence-corrected chi connectivity index (χ3v) is 13.3. The lowest BCUT2D eigenvalue weighted by Gasteiger charge is -2.23. The highest BCUT2D eigenvalue weighted by Crippen LogP contribution is 2.27. The van der Waals surface area contributed by atoms with Gasteiger partial charge in [-0.1, -0.05) is 98.7 Å². The zero-order chi connectivity index (χ0) is 56.4. The normalized spacial score (nSPS) is 12.7. The molecule has 1 heterocycles. The number of Topliss-reactive ketones (excluding diaryl/α,β-unsaturated/α-hetero) is 1. The molecule has 2 atom stereocenters. The number of carbonyl (C=O) groups excluding carboxylic acids is 4. The number of oxime groups is 1. The summed E-state index contributed by atoms with van der Waals surface area (Å²) in [6.45, 7) is 33.5. The Balaban J connectivity index is 1.78. The number of aromatic nitrogens is 3. The fourth-order valence-corrected chi connectivity index (χ4v) is 8.15. The smallest absolute Gasteiger partial charge is 0.312 e. The number of ether oxygens (including phenoxy) is 6. The number of hydrogen-bond acceptors (Lipinski definition) is 17. The van der Waals surface area contributed by atoms with Crippen molar-refractivity contribution in [3.05, 3.63) is 54.2 Å². The first-order valence-electron chi connectivity index (χ1n) is 26.4. The topological polar surface area (TPSA) is 250 Å². The molecular formula is C54H93N9O11S2. The first-order chi connectivity index (χ1) is 35.9. The molecule has 0 unspecified atom stereocenters. The van der Waals surface area contributed by atoms with Gasteiger partial charge in [-0.2, -0.15) is 0 Å². The van der Waals surface area contributed by atoms with Crippen LogP contribution in [0.25, 0.3) is 0 Å². The zero-order valence-corrected chi connectivity index (χ0v) is 49.2. The molecule has 0 aliphatic rings. The van der Waals surface area contributed by atoms with Crippen molar-refractivity contribution in [1.29, 1.82) is 0 Å². The van der Waals surface area contributed by atoms with E-state index in [4.69, 9.17) is 39.0 Å². The number of amides is 4. The van der Waals surface area contributed by atoms with Crippen LogP contribution in [-0.2, 0) is 67.3 Å². The van der Waals surface area contributed by atoms with Crippen LogP contribution in [0.3, 0.4) is 0 Å². The standard InChI is InChI=1S/C54H93N9O11S2/c1-40(2)32-47(59-49(65)37-74-61-46(38-75-53(7,8)9)39-76-54(10,11)12)48(64)33-43(14-13-20-56-51(55)67)50(66)58-44-17-15-42(16-18-44)36-73-41(3)57-34-45-35-63(62-60-45)21-23-69-25-27-71-29-31-72-30-28-70-26-24-68-22-19-52(4,5)6/h15-18,35,40,43,47,57H,3,13-14,19-34,36-39H2,1-2,4-12H3,(H,58,66)(H,59,65)(H3,55,56,67)/t43-,47+/m1/s1. The molecule has 0 saturated heterocycles. The maximum atomic E-state index is 13.9. The molecule has 0 fully saturated rings. The van der Waals surface area contributed by atoms with Crippen molar-refractivity contribution in [2.24, 2.45) is 28.1 Å². The predicted molar refractivity (Wildman–Crippen MR) is 303 cm³/mol. The molecule has 1 aromatic carbocycles. The molecular weight excluding hydrogens is 1010 g/mol. The number of anilines is 1. The number of hydrogen-bond donors (Lipinski definition) is 5. The molecule has 22 heteroatoms. The number of nitrogens with two attached hydrogens (primary N) is 1. The van der Waals surface area contributed by atoms with Crippen molar-refractivity contribution in [3.63, 3.8) is 0 Å². The molecule has 1 aromatic heterocycles. The van der Waals surface area contributed by atoms with Gasteiger partial charge in [0.25, 0.3) is 5.91 Å². The van der Waals surface area contributed by atoms with E-state index in [1.807, 2.05) is 32.2 Å². The van der Waals surface area contributed by atoms with Gasteiger partial charge >= 0.3 is 6.03 Å². The van der Waals surface area contributed by atoms with Gasteiger partial charge in [0.05, 0.1) is 90.5 Å². The van der Waals surface area contributed by atoms with E-state index >= 15 is 0 Å². The maximum Gasteiger partial charge on any atom is 0.312 e. The van der Waals surface area contributed by atoms with Crippen LogP contribution in [0, 0.1) is 17.3 Å². The molecule has 0 saturated carbocycles. The van der Waals surface area contributed by atoms with Crippen LogP contribution in [0.2, 0.25) is 0 Å². The summed E-state index contributed by atoms with van der Waals surface area (Å²) in [5.41, 5.74) is 8.41. The molecule has 2 rings (SSSR count). The first-order valence-corrected chi connectivity index (χ1v) is 28.4. The SMILES string of the molecule is C=C(NCc1cn(CCOCCOCCOCCOCCOCCC(C)(C)C)nn1)OCc1ccc(NC(=O)[C@H](CCCNC(N)=O)CC(=O)[C@H](CC(C)C)NC(=O)CON=C(CSC(C)(C)C)CSC(C)(C)C)cc1. The Morgan fingerprint density at radius 1 is 0.789 bits per heavy atom. The van der Waals surface area contributed by atoms with Gasteiger partial charge in [-0.3, -0.25) is 14.4 Å². The number of benzene rings is 1. The highest BCUT2D eigenvalue weighted by atomic mass is 32.2. The molecule has 4 amide bonds. The molecule has 432 valence electrons. The van der Waals surface area contributed by atoms with Crippen LogP contribution < -0.4 is 27.0 Å². The highest BCUT2D eigenvalue weighted by Gasteiger charge is 2.29. The minimum absolute atomic E-state index is 0.0266. The van der Waals surface area contributed by atoms with Gasteiger partial charge in [0.1, 0.15) is 12.3 Å². The van der Waals surface area contributed by atoms with E-state index in [9.17, 15) is 19.2 Å². The third-order valence-electron chi connectivity index (χ3n) is 10.6. The molecule has 0 aliphatic heterocycles. The molecule has 2 aromatic rings. The lowest BCUT2D eigenvalue weighted by atomic mass is 9.90. The third kappa shape index (κ3) is 36.6. The number of primary amides is 1. The highest BCUT2D eigenvalue weighted by molar-refractivity contribution is 8.02. The predicted octanol–water partition coefficient (Wildman–Crippen LogP) is 7.50. The average Bonchev–Trinajstić information content (AvgIpc) is 3.79. The van der Waals surface area contributed by atoms with E-state index in [1.54, 1.807) is 40.3 Å². The van der Waals surface area contributed by atoms with Gasteiger partial charge in [-0.15, -0.1) is 28.6 Å². The Morgan fingerprint density at radius 3 is 1.89 bits per heavy atom. The van der Waals surface area contributed by atoms with E-state index in [-0.39, 0.29) is 65.1 Å². The molecule has 0 aliphatic carbocycles. The minimum Gasteiger partial charge on any atom is -0.475 e. The number of nitrogens with one attached hydrogen (secondary N) is 4. The van der Waals surface area contributed by atoms with E-state index in [2.05, 4.69) is 106 Å². The summed E-state index contributed by atoms with van der Waals surface area (Å²) in [4.78, 5) is 57.7. The van der Waals surface area contributed by atoms with Crippen molar-refractivity contribution >= 4 is 58.6 Å². The Morgan fingerprint density at radius 2 is 1.36 bits per heavy atom. The fraction of sp³-hybridized carbons (Fsp3) is 0.722. The van der Waals surface area contributed by atoms with Crippen molar-refractivity contribution in [3.8, 4) is 0 Å². The summed E-state index contributed by atoms with van der Waals surface area (Å²) >= 11 is 3.50. The lowest BCUT2D eigenvalue weighted by molar-refractivity contribution is -0.132. The fourth-order valence-electron chi connectivity index (χ4n) is 6.51. The quantitative estimate of drug-likeness (QED) is 0.0187. The number of carbonyl (C=O) groups is 4. The van der Waals surface area contributed by atoms with Crippen molar-refractivity contribution in [2.75, 3.05) is 96.0 Å². The van der Waals surface area contributed by atoms with E-state index < -0.39 is 23.9 Å². The summed E-state index contributed by atoms with van der Waals surface area (Å²) in [7, 11) is 0. The van der Waals surface area contributed by atoms with Crippen LogP contribution >= 0.6 is 23.5 Å². The number of rotatable bonds is 42. The molecule has 0 bridgehead atoms. The van der Waals surface area contributed by atoms with Gasteiger partial charge in [-0.05, 0) is 61.3 Å². The number of thioether (sulfide) groups is 2. The van der Waals surface area contributed by atoms with E-state index in [0.717, 1.165) is 24.3 Å². The maximum absolute atomic E-state index is 13.9. The Kier molecular flexibility index (Phi) is 33.3. The molecule has 6 N–H and O–H groups in total. The number of nitrogens with zero attached hydrogens (tertiary/aromatic N) is 4. The summed E-state index contributed by atoms with van der Waals surface area (Å²) < 4.78 is 35.5. The van der Waals surface area contributed by atoms with Crippen molar-refractivity contribution < 1.29 is 52.4 Å². The molecule has 0 radical (unpaired) electrons. The van der Waals surface area contributed by atoms with Crippen LogP contribution in [0.1, 0.15) is 120 Å². The van der Waals surface area contributed by atoms with Gasteiger partial charge in [-0.25, -0.2) is 9.48 Å². The van der Waals surface area contributed by atoms with Gasteiger partial charge in [0.15, 0.2) is 18.3 Å². The summed E-state index contributed by atoms with van der Waals surface area (Å²) in [5, 5.41) is 24.1. The number of ketones is 1. The average molecular weight is 1110 g/mol. The van der Waals surface area contributed by atoms with Gasteiger partial charge in [0.2, 0.25) is 5.91 Å². The van der Waals surface area contributed by atoms with Gasteiger partial charge in [0, 0.05) is 52.2 Å². The van der Waals surface area contributed by atoms with Gasteiger partial charge < -0.3 is 60.3 Å². The molecule has 0 spiro atoms. The van der Waals surface area contributed by atoms with Crippen molar-refractivity contribution in [1.82, 2.24) is 30.9 Å². The zero-order valence-electron chi connectivity index (χ0n) is 47.6. The molecule has 76 heavy (non-hydrogen) atoms. The largest absolute Gasteiger partial charge is 0.475 e. The number of urea groups is 1. The first kappa shape index (κ1) is 67.7.